The molecular weight excluding hydrogens is 416 g/mol. The third-order valence-electron chi connectivity index (χ3n) is 4.37. The van der Waals surface area contributed by atoms with Crippen LogP contribution in [0, 0.1) is 0 Å². The lowest BCUT2D eigenvalue weighted by Gasteiger charge is -2.36. The highest BCUT2D eigenvalue weighted by Crippen LogP contribution is 2.17. The van der Waals surface area contributed by atoms with Crippen LogP contribution in [0.2, 0.25) is 0 Å². The molecule has 1 aliphatic rings. The summed E-state index contributed by atoms with van der Waals surface area (Å²) in [5, 5.41) is 0. The van der Waals surface area contributed by atoms with E-state index in [-0.39, 0.29) is 11.7 Å². The SMILES string of the molecule is O=C(CS(=O)(=O)Cc1cccc(Br)c1)N1CCN(c2ccccc2)CC1. The largest absolute Gasteiger partial charge is 0.368 e. The number of rotatable bonds is 5. The standard InChI is InChI=1S/C19H21BrN2O3S/c20-17-6-4-5-16(13-17)14-26(24,25)15-19(23)22-11-9-21(10-12-22)18-7-2-1-3-8-18/h1-8,13H,9-12,14-15H2. The number of benzene rings is 2. The molecule has 0 unspecified atom stereocenters. The Morgan fingerprint density at radius 1 is 0.962 bits per heavy atom. The Labute approximate surface area is 162 Å². The molecule has 3 rings (SSSR count). The summed E-state index contributed by atoms with van der Waals surface area (Å²) < 4.78 is 25.6. The summed E-state index contributed by atoms with van der Waals surface area (Å²) in [6.07, 6.45) is 0. The normalized spacial score (nSPS) is 15.1. The lowest BCUT2D eigenvalue weighted by atomic mass is 10.2. The summed E-state index contributed by atoms with van der Waals surface area (Å²) >= 11 is 3.33. The molecular formula is C19H21BrN2O3S. The third kappa shape index (κ3) is 5.08. The minimum absolute atomic E-state index is 0.123. The second-order valence-corrected chi connectivity index (χ2v) is 9.35. The van der Waals surface area contributed by atoms with Crippen molar-refractivity contribution in [3.63, 3.8) is 0 Å². The number of piperazine rings is 1. The molecule has 0 N–H and O–H groups in total. The lowest BCUT2D eigenvalue weighted by Crippen LogP contribution is -2.50. The first-order valence-electron chi connectivity index (χ1n) is 8.46. The highest BCUT2D eigenvalue weighted by molar-refractivity contribution is 9.10. The molecule has 1 fully saturated rings. The average molecular weight is 437 g/mol. The van der Waals surface area contributed by atoms with Crippen LogP contribution in [0.5, 0.6) is 0 Å². The number of nitrogens with zero attached hydrogens (tertiary/aromatic N) is 2. The van der Waals surface area contributed by atoms with Crippen molar-refractivity contribution in [2.75, 3.05) is 36.8 Å². The van der Waals surface area contributed by atoms with E-state index in [4.69, 9.17) is 0 Å². The summed E-state index contributed by atoms with van der Waals surface area (Å²) in [4.78, 5) is 16.3. The van der Waals surface area contributed by atoms with Crippen molar-refractivity contribution in [2.45, 2.75) is 5.75 Å². The number of halogens is 1. The van der Waals surface area contributed by atoms with Gasteiger partial charge in [-0.2, -0.15) is 0 Å². The fourth-order valence-corrected chi connectivity index (χ4v) is 4.86. The first kappa shape index (κ1) is 18.9. The fourth-order valence-electron chi connectivity index (χ4n) is 3.06. The van der Waals surface area contributed by atoms with Crippen LogP contribution in [-0.2, 0) is 20.4 Å². The molecule has 1 saturated heterocycles. The molecule has 2 aromatic carbocycles. The predicted molar refractivity (Wildman–Crippen MR) is 107 cm³/mol. The van der Waals surface area contributed by atoms with Crippen molar-refractivity contribution in [2.24, 2.45) is 0 Å². The maximum atomic E-state index is 12.4. The molecule has 0 spiro atoms. The van der Waals surface area contributed by atoms with Gasteiger partial charge in [-0.1, -0.05) is 46.3 Å². The fraction of sp³-hybridized carbons (Fsp3) is 0.316. The Bertz CT molecular complexity index is 863. The molecule has 0 radical (unpaired) electrons. The number of amides is 1. The van der Waals surface area contributed by atoms with Gasteiger partial charge in [0.05, 0.1) is 5.75 Å². The molecule has 5 nitrogen and oxygen atoms in total. The summed E-state index contributed by atoms with van der Waals surface area (Å²) in [5.41, 5.74) is 1.81. The number of carbonyl (C=O) groups excluding carboxylic acids is 1. The van der Waals surface area contributed by atoms with E-state index in [1.54, 1.807) is 23.1 Å². The van der Waals surface area contributed by atoms with E-state index in [0.29, 0.717) is 31.7 Å². The smallest absolute Gasteiger partial charge is 0.237 e. The summed E-state index contributed by atoms with van der Waals surface area (Å²) in [6.45, 7) is 2.50. The third-order valence-corrected chi connectivity index (χ3v) is 6.33. The van der Waals surface area contributed by atoms with Crippen LogP contribution >= 0.6 is 15.9 Å². The van der Waals surface area contributed by atoms with Gasteiger partial charge < -0.3 is 9.80 Å². The number of anilines is 1. The molecule has 0 aromatic heterocycles. The molecule has 7 heteroatoms. The second kappa shape index (κ2) is 8.22. The molecule has 0 bridgehead atoms. The van der Waals surface area contributed by atoms with Crippen LogP contribution in [0.1, 0.15) is 5.56 Å². The van der Waals surface area contributed by atoms with Crippen molar-refractivity contribution >= 4 is 37.4 Å². The summed E-state index contributed by atoms with van der Waals surface area (Å²) in [6, 6.07) is 17.2. The van der Waals surface area contributed by atoms with E-state index in [1.165, 1.54) is 0 Å². The van der Waals surface area contributed by atoms with Crippen LogP contribution in [0.25, 0.3) is 0 Å². The molecule has 2 aromatic rings. The monoisotopic (exact) mass is 436 g/mol. The van der Waals surface area contributed by atoms with Crippen LogP contribution in [0.15, 0.2) is 59.1 Å². The van der Waals surface area contributed by atoms with Gasteiger partial charge in [-0.05, 0) is 29.8 Å². The Morgan fingerprint density at radius 3 is 2.31 bits per heavy atom. The molecule has 1 amide bonds. The molecule has 1 heterocycles. The van der Waals surface area contributed by atoms with Crippen LogP contribution in [0.3, 0.4) is 0 Å². The van der Waals surface area contributed by atoms with Gasteiger partial charge in [-0.25, -0.2) is 8.42 Å². The van der Waals surface area contributed by atoms with E-state index in [0.717, 1.165) is 10.2 Å². The minimum Gasteiger partial charge on any atom is -0.368 e. The predicted octanol–water partition coefficient (Wildman–Crippen LogP) is 2.71. The Balaban J connectivity index is 1.55. The molecule has 26 heavy (non-hydrogen) atoms. The minimum atomic E-state index is -3.49. The Morgan fingerprint density at radius 2 is 1.65 bits per heavy atom. The number of para-hydroxylation sites is 1. The van der Waals surface area contributed by atoms with Crippen molar-refractivity contribution in [1.82, 2.24) is 4.90 Å². The number of sulfone groups is 1. The van der Waals surface area contributed by atoms with Gasteiger partial charge in [0, 0.05) is 36.3 Å². The maximum absolute atomic E-state index is 12.4. The zero-order valence-corrected chi connectivity index (χ0v) is 16.7. The highest BCUT2D eigenvalue weighted by Gasteiger charge is 2.25. The molecule has 0 saturated carbocycles. The molecule has 0 atom stereocenters. The van der Waals surface area contributed by atoms with Crippen molar-refractivity contribution in [3.8, 4) is 0 Å². The van der Waals surface area contributed by atoms with Gasteiger partial charge in [0.25, 0.3) is 0 Å². The van der Waals surface area contributed by atoms with Crippen molar-refractivity contribution in [3.05, 3.63) is 64.6 Å². The van der Waals surface area contributed by atoms with E-state index in [2.05, 4.69) is 20.8 Å². The Hall–Kier alpha value is -1.86. The van der Waals surface area contributed by atoms with Gasteiger partial charge in [0.15, 0.2) is 9.84 Å². The van der Waals surface area contributed by atoms with E-state index in [1.807, 2.05) is 36.4 Å². The second-order valence-electron chi connectivity index (χ2n) is 6.37. The zero-order chi connectivity index (χ0) is 18.6. The van der Waals surface area contributed by atoms with Crippen LogP contribution in [-0.4, -0.2) is 51.2 Å². The van der Waals surface area contributed by atoms with Crippen LogP contribution < -0.4 is 4.90 Å². The van der Waals surface area contributed by atoms with Gasteiger partial charge in [0.2, 0.25) is 5.91 Å². The average Bonchev–Trinajstić information content (AvgIpc) is 2.62. The number of carbonyl (C=O) groups is 1. The quantitative estimate of drug-likeness (QED) is 0.722. The highest BCUT2D eigenvalue weighted by atomic mass is 79.9. The first-order valence-corrected chi connectivity index (χ1v) is 11.1. The first-order chi connectivity index (χ1) is 12.4. The van der Waals surface area contributed by atoms with Gasteiger partial charge >= 0.3 is 0 Å². The lowest BCUT2D eigenvalue weighted by molar-refractivity contribution is -0.128. The molecule has 0 aliphatic carbocycles. The van der Waals surface area contributed by atoms with Crippen molar-refractivity contribution in [1.29, 1.82) is 0 Å². The van der Waals surface area contributed by atoms with E-state index >= 15 is 0 Å². The Kier molecular flexibility index (Phi) is 5.98. The number of hydrogen-bond acceptors (Lipinski definition) is 4. The topological polar surface area (TPSA) is 57.7 Å². The van der Waals surface area contributed by atoms with Crippen molar-refractivity contribution < 1.29 is 13.2 Å². The van der Waals surface area contributed by atoms with Gasteiger partial charge in [0.1, 0.15) is 5.75 Å². The molecule has 138 valence electrons. The zero-order valence-electron chi connectivity index (χ0n) is 14.3. The summed E-state index contributed by atoms with van der Waals surface area (Å²) in [7, 11) is -3.49. The van der Waals surface area contributed by atoms with E-state index < -0.39 is 15.6 Å². The van der Waals surface area contributed by atoms with Gasteiger partial charge in [-0.3, -0.25) is 4.79 Å². The van der Waals surface area contributed by atoms with E-state index in [9.17, 15) is 13.2 Å². The van der Waals surface area contributed by atoms with Gasteiger partial charge in [-0.15, -0.1) is 0 Å². The number of hydrogen-bond donors (Lipinski definition) is 0. The summed E-state index contributed by atoms with van der Waals surface area (Å²) in [5.74, 6) is -0.875. The maximum Gasteiger partial charge on any atom is 0.237 e. The molecule has 1 aliphatic heterocycles. The van der Waals surface area contributed by atoms with Crippen LogP contribution in [0.4, 0.5) is 5.69 Å².